The first-order chi connectivity index (χ1) is 12.3. The molecule has 2 aromatic rings. The van der Waals surface area contributed by atoms with E-state index in [9.17, 15) is 0 Å². The highest BCUT2D eigenvalue weighted by Gasteiger charge is 2.20. The van der Waals surface area contributed by atoms with Crippen molar-refractivity contribution in [3.63, 3.8) is 0 Å². The van der Waals surface area contributed by atoms with Gasteiger partial charge in [-0.05, 0) is 53.9 Å². The molecular weight excluding hydrogens is 326 g/mol. The molecule has 0 aliphatic rings. The molecule has 0 unspecified atom stereocenters. The molecule has 2 rings (SSSR count). The fourth-order valence-corrected chi connectivity index (χ4v) is 2.17. The van der Waals surface area contributed by atoms with Gasteiger partial charge in [-0.15, -0.1) is 0 Å². The SMILES string of the molecule is CCNC(=NCc1coc(-c2ccc(C)cc2)n1)NCC(C)(C)N(C)C. The van der Waals surface area contributed by atoms with E-state index in [1.165, 1.54) is 5.56 Å². The van der Waals surface area contributed by atoms with Crippen LogP contribution in [0.1, 0.15) is 32.0 Å². The molecule has 26 heavy (non-hydrogen) atoms. The van der Waals surface area contributed by atoms with E-state index in [1.807, 2.05) is 12.1 Å². The number of aliphatic imine (C=N–C) groups is 1. The Morgan fingerprint density at radius 3 is 2.50 bits per heavy atom. The van der Waals surface area contributed by atoms with Gasteiger partial charge in [0.1, 0.15) is 12.0 Å². The number of nitrogens with one attached hydrogen (secondary N) is 2. The van der Waals surface area contributed by atoms with E-state index in [2.05, 4.69) is 79.4 Å². The fourth-order valence-electron chi connectivity index (χ4n) is 2.17. The molecule has 0 saturated carbocycles. The van der Waals surface area contributed by atoms with Gasteiger partial charge in [0, 0.05) is 24.2 Å². The van der Waals surface area contributed by atoms with Gasteiger partial charge in [-0.3, -0.25) is 0 Å². The molecular formula is C20H31N5O. The van der Waals surface area contributed by atoms with Crippen LogP contribution in [-0.2, 0) is 6.54 Å². The summed E-state index contributed by atoms with van der Waals surface area (Å²) in [5, 5.41) is 6.67. The largest absolute Gasteiger partial charge is 0.444 e. The van der Waals surface area contributed by atoms with Crippen molar-refractivity contribution in [2.45, 2.75) is 39.8 Å². The Balaban J connectivity index is 2.02. The molecule has 0 aliphatic heterocycles. The van der Waals surface area contributed by atoms with Crippen molar-refractivity contribution >= 4 is 5.96 Å². The van der Waals surface area contributed by atoms with Crippen LogP contribution in [-0.4, -0.2) is 48.6 Å². The van der Waals surface area contributed by atoms with E-state index in [4.69, 9.17) is 4.42 Å². The minimum absolute atomic E-state index is 0.0304. The summed E-state index contributed by atoms with van der Waals surface area (Å²) in [7, 11) is 4.15. The molecule has 0 radical (unpaired) electrons. The van der Waals surface area contributed by atoms with Gasteiger partial charge >= 0.3 is 0 Å². The summed E-state index contributed by atoms with van der Waals surface area (Å²) in [6.07, 6.45) is 1.67. The highest BCUT2D eigenvalue weighted by Crippen LogP contribution is 2.19. The zero-order chi connectivity index (χ0) is 19.2. The number of oxazole rings is 1. The van der Waals surface area contributed by atoms with Crippen molar-refractivity contribution in [2.24, 2.45) is 4.99 Å². The zero-order valence-corrected chi connectivity index (χ0v) is 16.8. The summed E-state index contributed by atoms with van der Waals surface area (Å²) in [5.74, 6) is 1.41. The standard InChI is InChI=1S/C20H31N5O/c1-7-21-19(23-14-20(3,4)25(5)6)22-12-17-13-26-18(24-17)16-10-8-15(2)9-11-16/h8-11,13H,7,12,14H2,1-6H3,(H2,21,22,23). The number of guanidine groups is 1. The highest BCUT2D eigenvalue weighted by atomic mass is 16.3. The van der Waals surface area contributed by atoms with Gasteiger partial charge in [0.05, 0.1) is 6.54 Å². The topological polar surface area (TPSA) is 65.7 Å². The number of likely N-dealkylation sites (N-methyl/N-ethyl adjacent to an activating group) is 1. The van der Waals surface area contributed by atoms with E-state index < -0.39 is 0 Å². The summed E-state index contributed by atoms with van der Waals surface area (Å²) in [6, 6.07) is 8.14. The molecule has 2 N–H and O–H groups in total. The molecule has 0 amide bonds. The fraction of sp³-hybridized carbons (Fsp3) is 0.500. The lowest BCUT2D eigenvalue weighted by atomic mass is 10.0. The van der Waals surface area contributed by atoms with Gasteiger partial charge in [0.25, 0.3) is 0 Å². The molecule has 1 heterocycles. The average molecular weight is 358 g/mol. The van der Waals surface area contributed by atoms with Gasteiger partial charge in [-0.1, -0.05) is 17.7 Å². The van der Waals surface area contributed by atoms with Gasteiger partial charge < -0.3 is 20.0 Å². The van der Waals surface area contributed by atoms with Crippen LogP contribution < -0.4 is 10.6 Å². The molecule has 6 heteroatoms. The van der Waals surface area contributed by atoms with E-state index in [0.717, 1.165) is 30.3 Å². The van der Waals surface area contributed by atoms with Crippen molar-refractivity contribution in [1.29, 1.82) is 0 Å². The second kappa shape index (κ2) is 8.85. The van der Waals surface area contributed by atoms with Gasteiger partial charge in [-0.2, -0.15) is 0 Å². The normalized spacial score (nSPS) is 12.5. The summed E-state index contributed by atoms with van der Waals surface area (Å²) in [4.78, 5) is 11.4. The van der Waals surface area contributed by atoms with E-state index in [-0.39, 0.29) is 5.54 Å². The molecule has 1 aromatic carbocycles. The van der Waals surface area contributed by atoms with Crippen LogP contribution in [0.15, 0.2) is 39.9 Å². The third-order valence-corrected chi connectivity index (χ3v) is 4.49. The van der Waals surface area contributed by atoms with E-state index in [1.54, 1.807) is 6.26 Å². The minimum Gasteiger partial charge on any atom is -0.444 e. The van der Waals surface area contributed by atoms with Gasteiger partial charge in [0.15, 0.2) is 5.96 Å². The van der Waals surface area contributed by atoms with Crippen molar-refractivity contribution < 1.29 is 4.42 Å². The third kappa shape index (κ3) is 5.59. The van der Waals surface area contributed by atoms with Crippen LogP contribution >= 0.6 is 0 Å². The number of hydrogen-bond acceptors (Lipinski definition) is 4. The molecule has 0 atom stereocenters. The average Bonchev–Trinajstić information content (AvgIpc) is 3.07. The predicted molar refractivity (Wildman–Crippen MR) is 107 cm³/mol. The predicted octanol–water partition coefficient (Wildman–Crippen LogP) is 3.05. The maximum absolute atomic E-state index is 5.60. The quantitative estimate of drug-likeness (QED) is 0.589. The smallest absolute Gasteiger partial charge is 0.226 e. The van der Waals surface area contributed by atoms with Crippen LogP contribution in [0.5, 0.6) is 0 Å². The molecule has 142 valence electrons. The van der Waals surface area contributed by atoms with Crippen molar-refractivity contribution in [3.8, 4) is 11.5 Å². The molecule has 0 spiro atoms. The number of aryl methyl sites for hydroxylation is 1. The number of rotatable bonds is 7. The summed E-state index contributed by atoms with van der Waals surface area (Å²) in [6.45, 7) is 10.6. The van der Waals surface area contributed by atoms with Crippen LogP contribution in [0.3, 0.4) is 0 Å². The Bertz CT molecular complexity index is 716. The van der Waals surface area contributed by atoms with Gasteiger partial charge in [0.2, 0.25) is 5.89 Å². The summed E-state index contributed by atoms with van der Waals surface area (Å²) >= 11 is 0. The Morgan fingerprint density at radius 1 is 1.19 bits per heavy atom. The summed E-state index contributed by atoms with van der Waals surface area (Å²) in [5.41, 5.74) is 3.03. The number of hydrogen-bond donors (Lipinski definition) is 2. The van der Waals surface area contributed by atoms with Crippen LogP contribution in [0.2, 0.25) is 0 Å². The zero-order valence-electron chi connectivity index (χ0n) is 16.8. The van der Waals surface area contributed by atoms with Crippen molar-refractivity contribution in [2.75, 3.05) is 27.2 Å². The Kier molecular flexibility index (Phi) is 6.80. The number of aromatic nitrogens is 1. The molecule has 1 aromatic heterocycles. The molecule has 0 aliphatic carbocycles. The number of nitrogens with zero attached hydrogens (tertiary/aromatic N) is 3. The van der Waals surface area contributed by atoms with Crippen molar-refractivity contribution in [3.05, 3.63) is 41.8 Å². The van der Waals surface area contributed by atoms with E-state index >= 15 is 0 Å². The van der Waals surface area contributed by atoms with Crippen LogP contribution in [0.25, 0.3) is 11.5 Å². The first-order valence-corrected chi connectivity index (χ1v) is 9.03. The Labute approximate surface area is 156 Å². The van der Waals surface area contributed by atoms with Crippen LogP contribution in [0, 0.1) is 6.92 Å². The Hall–Kier alpha value is -2.34. The molecule has 6 nitrogen and oxygen atoms in total. The minimum atomic E-state index is 0.0304. The second-order valence-corrected chi connectivity index (χ2v) is 7.27. The summed E-state index contributed by atoms with van der Waals surface area (Å²) < 4.78 is 5.60. The highest BCUT2D eigenvalue weighted by molar-refractivity contribution is 5.79. The Morgan fingerprint density at radius 2 is 1.88 bits per heavy atom. The lowest BCUT2D eigenvalue weighted by Crippen LogP contribution is -2.50. The molecule has 0 fully saturated rings. The number of benzene rings is 1. The third-order valence-electron chi connectivity index (χ3n) is 4.49. The lowest BCUT2D eigenvalue weighted by Gasteiger charge is -2.33. The maximum atomic E-state index is 5.60. The van der Waals surface area contributed by atoms with Crippen LogP contribution in [0.4, 0.5) is 0 Å². The first-order valence-electron chi connectivity index (χ1n) is 9.03. The lowest BCUT2D eigenvalue weighted by molar-refractivity contribution is 0.197. The van der Waals surface area contributed by atoms with E-state index in [0.29, 0.717) is 12.4 Å². The second-order valence-electron chi connectivity index (χ2n) is 7.27. The molecule has 0 bridgehead atoms. The monoisotopic (exact) mass is 357 g/mol. The molecule has 0 saturated heterocycles. The van der Waals surface area contributed by atoms with Crippen molar-refractivity contribution in [1.82, 2.24) is 20.5 Å². The van der Waals surface area contributed by atoms with Gasteiger partial charge in [-0.25, -0.2) is 9.98 Å². The first kappa shape index (κ1) is 20.0. The maximum Gasteiger partial charge on any atom is 0.226 e.